The fourth-order valence-electron chi connectivity index (χ4n) is 16.6. The van der Waals surface area contributed by atoms with Crippen LogP contribution in [0.1, 0.15) is 75.3 Å². The third-order valence-corrected chi connectivity index (χ3v) is 22.3. The van der Waals surface area contributed by atoms with Gasteiger partial charge < -0.3 is 55.0 Å². The van der Waals surface area contributed by atoms with Crippen molar-refractivity contribution in [1.29, 1.82) is 15.8 Å². The van der Waals surface area contributed by atoms with Crippen LogP contribution in [0.25, 0.3) is 32.7 Å². The number of carbonyl (C=O) groups excluding carboxylic acids is 1. The zero-order valence-corrected chi connectivity index (χ0v) is 67.7. The van der Waals surface area contributed by atoms with E-state index in [1.807, 2.05) is 70.2 Å². The molecule has 0 bridgehead atoms. The molecule has 112 heavy (non-hydrogen) atoms. The maximum atomic E-state index is 11.5. The van der Waals surface area contributed by atoms with Crippen LogP contribution in [0.2, 0.25) is 15.7 Å². The number of hydrogen-bond acceptors (Lipinski definition) is 26. The average Bonchev–Trinajstić information content (AvgIpc) is 0.781. The summed E-state index contributed by atoms with van der Waals surface area (Å²) < 4.78 is 5.24. The minimum Gasteiger partial charge on any atom is -0.444 e. The van der Waals surface area contributed by atoms with Gasteiger partial charge in [-0.3, -0.25) is 29.7 Å². The third kappa shape index (κ3) is 19.3. The first-order valence-electron chi connectivity index (χ1n) is 38.8. The smallest absolute Gasteiger partial charge is 0.410 e. The molecular weight excluding hydrogens is 1470 g/mol. The van der Waals surface area contributed by atoms with E-state index in [-0.39, 0.29) is 17.0 Å². The Balaban J connectivity index is 0.000000131. The van der Waals surface area contributed by atoms with Crippen LogP contribution < -0.4 is 45.3 Å². The zero-order chi connectivity index (χ0) is 78.7. The quantitative estimate of drug-likeness (QED) is 0.103. The Hall–Kier alpha value is -9.70. The van der Waals surface area contributed by atoms with Crippen LogP contribution in [0.5, 0.6) is 0 Å². The van der Waals surface area contributed by atoms with Gasteiger partial charge in [0.2, 0.25) is 16.5 Å². The van der Waals surface area contributed by atoms with Crippen LogP contribution in [0.15, 0.2) is 110 Å². The molecule has 3 aromatic carbocycles. The normalized spacial score (nSPS) is 21.5. The first kappa shape index (κ1) is 80.4. The number of rotatable bonds is 6. The number of benzene rings is 3. The Morgan fingerprint density at radius 1 is 0.446 bits per heavy atom. The number of amides is 1. The summed E-state index contributed by atoms with van der Waals surface area (Å²) in [6.07, 6.45) is 5.08. The maximum Gasteiger partial charge on any atom is 0.410 e. The number of hydrogen-bond donors (Lipinski definition) is 3. The van der Waals surface area contributed by atoms with Gasteiger partial charge in [0, 0.05) is 268 Å². The van der Waals surface area contributed by atoms with Crippen molar-refractivity contribution in [3.8, 4) is 18.2 Å². The minimum atomic E-state index is -0.387. The van der Waals surface area contributed by atoms with E-state index < -0.39 is 0 Å². The molecule has 9 aromatic rings. The molecule has 8 saturated heterocycles. The second-order valence-electron chi connectivity index (χ2n) is 30.8. The standard InChI is InChI=1S/C27H33N9.C23H24ClN7.C18H21N5.C9H18N2O2.C5H4Cl2N2/c1-19-14-25(32-27(31-19)33-10-8-29-9-11-33)34-12-13-36-20(2)16-35(18-22(36)17-34)24-6-5-21(15-28)26-23(24)4-3-7-30-26;1-15-10-21(28-23(24)27-15)29-8-9-31-16(2)12-30(14-18(31)13-29)20-6-5-17(11-25)22-19(20)4-3-7-26-22;1-13-11-22(12-15-10-20-7-8-23(13)15)17-5-4-14(9-19)18-16(17)3-2-6-21-18;1-9(2,3)13-8(12)11-6-4-10-5-7-11;1-3-2-4(6)9-5(7)8-3/h3-7,14,20,22,29H,8-13,16-18H2,1-2H3;3-7,10,16,18H,8-9,12-14H2,1-2H3;2-6,13,15,20H,7-8,10-12H2,1H3;10H,4-7H2,1-3H3;2H,1H3/t20-,22+;16-,18+;13-,15+;;/m111../s1. The number of nitriles is 3. The summed E-state index contributed by atoms with van der Waals surface area (Å²) in [6.45, 7) is 40.3. The lowest BCUT2D eigenvalue weighted by Gasteiger charge is -2.51. The Kier molecular flexibility index (Phi) is 26.1. The fourth-order valence-corrected chi connectivity index (χ4v) is 17.4. The van der Waals surface area contributed by atoms with Crippen molar-refractivity contribution in [3.05, 3.63) is 159 Å². The predicted molar refractivity (Wildman–Crippen MR) is 444 cm³/mol. The highest BCUT2D eigenvalue weighted by Crippen LogP contribution is 2.37. The van der Waals surface area contributed by atoms with Gasteiger partial charge in [-0.05, 0) is 164 Å². The van der Waals surface area contributed by atoms with E-state index in [4.69, 9.17) is 49.5 Å². The summed E-state index contributed by atoms with van der Waals surface area (Å²) in [4.78, 5) is 74.9. The molecule has 17 rings (SSSR count). The van der Waals surface area contributed by atoms with Gasteiger partial charge in [-0.1, -0.05) is 11.6 Å². The van der Waals surface area contributed by atoms with Gasteiger partial charge in [-0.25, -0.2) is 29.7 Å². The Bertz CT molecular complexity index is 4850. The van der Waals surface area contributed by atoms with Gasteiger partial charge in [0.1, 0.15) is 40.6 Å². The molecule has 3 N–H and O–H groups in total. The number of ether oxygens (including phenoxy) is 1. The van der Waals surface area contributed by atoms with Crippen molar-refractivity contribution in [2.75, 3.05) is 180 Å². The summed E-state index contributed by atoms with van der Waals surface area (Å²) in [7, 11) is 0. The topological polar surface area (TPSA) is 282 Å². The van der Waals surface area contributed by atoms with Crippen LogP contribution in [0, 0.1) is 54.8 Å². The van der Waals surface area contributed by atoms with E-state index in [1.54, 1.807) is 36.5 Å². The summed E-state index contributed by atoms with van der Waals surface area (Å²) in [6, 6.07) is 39.4. The first-order chi connectivity index (χ1) is 54.1. The summed E-state index contributed by atoms with van der Waals surface area (Å²) >= 11 is 17.1. The monoisotopic (exact) mass is 1570 g/mol. The molecular formula is C82H100Cl3N25O2. The second kappa shape index (κ2) is 36.4. The lowest BCUT2D eigenvalue weighted by molar-refractivity contribution is 0.0228. The Labute approximate surface area is 671 Å². The van der Waals surface area contributed by atoms with Gasteiger partial charge in [-0.2, -0.15) is 20.8 Å². The number of nitrogens with zero attached hydrogens (tertiary/aromatic N) is 22. The van der Waals surface area contributed by atoms with E-state index in [9.17, 15) is 20.6 Å². The lowest BCUT2D eigenvalue weighted by atomic mass is 10.0. The van der Waals surface area contributed by atoms with Crippen LogP contribution in [0.4, 0.5) is 39.4 Å². The number of nitrogens with one attached hydrogen (secondary N) is 3. The molecule has 0 radical (unpaired) electrons. The number of fused-ring (bicyclic) bond motifs is 6. The van der Waals surface area contributed by atoms with Gasteiger partial charge >= 0.3 is 6.09 Å². The first-order valence-corrected chi connectivity index (χ1v) is 40.0. The van der Waals surface area contributed by atoms with Crippen molar-refractivity contribution in [2.45, 2.75) is 104 Å². The fraction of sp³-hybridized carbons (Fsp3) is 0.476. The highest BCUT2D eigenvalue weighted by molar-refractivity contribution is 6.31. The minimum absolute atomic E-state index is 0.194. The number of aromatic nitrogens is 9. The van der Waals surface area contributed by atoms with Crippen LogP contribution in [-0.4, -0.2) is 263 Å². The van der Waals surface area contributed by atoms with Crippen LogP contribution in [-0.2, 0) is 4.74 Å². The van der Waals surface area contributed by atoms with Crippen molar-refractivity contribution < 1.29 is 9.53 Å². The predicted octanol–water partition coefficient (Wildman–Crippen LogP) is 9.78. The Morgan fingerprint density at radius 2 is 0.848 bits per heavy atom. The molecule has 0 spiro atoms. The SMILES string of the molecule is CC(C)(C)OC(=O)N1CCNCC1.C[C@@H]1CN(c2ccc(C#N)c3ncccc23)C[C@@H]2CNCCN21.Cc1cc(Cl)nc(Cl)n1.Cc1cc(N2CCN3[C@@H](C2)CN(c2ccc(C#N)c4ncccc24)C[C@H]3C)nc(Cl)n1.Cc1cc(N2CCN3[C@@H](C2)CN(c2ccc(C#N)c4ncccc24)C[C@H]3C)nc(N2CCNCC2)n1. The molecule has 8 aliphatic heterocycles. The maximum absolute atomic E-state index is 11.5. The number of halogens is 3. The van der Waals surface area contributed by atoms with Gasteiger partial charge in [0.15, 0.2) is 0 Å². The van der Waals surface area contributed by atoms with E-state index in [2.05, 4.69) is 183 Å². The number of piperazine rings is 8. The molecule has 6 atom stereocenters. The molecule has 0 unspecified atom stereocenters. The van der Waals surface area contributed by atoms with Gasteiger partial charge in [0.05, 0.1) is 33.2 Å². The number of carbonyl (C=O) groups is 1. The van der Waals surface area contributed by atoms with Crippen molar-refractivity contribution in [3.63, 3.8) is 0 Å². The molecule has 8 fully saturated rings. The van der Waals surface area contributed by atoms with Gasteiger partial charge in [0.25, 0.3) is 0 Å². The molecule has 0 aliphatic carbocycles. The number of pyridine rings is 3. The molecule has 0 saturated carbocycles. The number of anilines is 6. The molecule has 586 valence electrons. The van der Waals surface area contributed by atoms with Crippen molar-refractivity contribution >= 4 is 108 Å². The van der Waals surface area contributed by atoms with Gasteiger partial charge in [-0.15, -0.1) is 0 Å². The third-order valence-electron chi connectivity index (χ3n) is 21.8. The zero-order valence-electron chi connectivity index (χ0n) is 65.4. The number of aryl methyl sites for hydroxylation is 3. The summed E-state index contributed by atoms with van der Waals surface area (Å²) in [5.74, 6) is 2.78. The highest BCUT2D eigenvalue weighted by Gasteiger charge is 2.40. The molecule has 14 heterocycles. The summed E-state index contributed by atoms with van der Waals surface area (Å²) in [5, 5.41) is 42.5. The largest absolute Gasteiger partial charge is 0.444 e. The molecule has 8 aliphatic rings. The van der Waals surface area contributed by atoms with E-state index in [0.717, 1.165) is 224 Å². The van der Waals surface area contributed by atoms with Crippen molar-refractivity contribution in [1.82, 2.24) is 80.4 Å². The molecule has 6 aromatic heterocycles. The molecule has 1 amide bonds. The van der Waals surface area contributed by atoms with E-state index >= 15 is 0 Å². The lowest BCUT2D eigenvalue weighted by Crippen LogP contribution is -2.65. The van der Waals surface area contributed by atoms with Crippen LogP contribution >= 0.6 is 34.8 Å². The van der Waals surface area contributed by atoms with E-state index in [1.165, 1.54) is 11.4 Å². The molecule has 27 nitrogen and oxygen atoms in total. The summed E-state index contributed by atoms with van der Waals surface area (Å²) in [5.41, 5.74) is 10.1. The van der Waals surface area contributed by atoms with Crippen LogP contribution in [0.3, 0.4) is 0 Å². The molecule has 30 heteroatoms. The second-order valence-corrected chi connectivity index (χ2v) is 31.9. The average molecular weight is 1570 g/mol. The highest BCUT2D eigenvalue weighted by atomic mass is 35.5. The Morgan fingerprint density at radius 3 is 1.29 bits per heavy atom. The van der Waals surface area contributed by atoms with E-state index in [0.29, 0.717) is 63.4 Å². The van der Waals surface area contributed by atoms with Crippen molar-refractivity contribution in [2.24, 2.45) is 0 Å².